The van der Waals surface area contributed by atoms with E-state index in [1.54, 1.807) is 0 Å². The fourth-order valence-electron chi connectivity index (χ4n) is 7.75. The molecule has 1 radical (unpaired) electrons. The molecule has 0 fully saturated rings. The molecule has 1 N–H and O–H groups in total. The number of hydrogen-bond acceptors (Lipinski definition) is 4. The summed E-state index contributed by atoms with van der Waals surface area (Å²) in [6.45, 7) is 14.9. The molecule has 0 saturated heterocycles. The van der Waals surface area contributed by atoms with Crippen LogP contribution in [0.5, 0.6) is 0 Å². The Labute approximate surface area is 319 Å². The molecule has 6 heteroatoms. The van der Waals surface area contributed by atoms with E-state index >= 15 is 0 Å². The van der Waals surface area contributed by atoms with Crippen LogP contribution in [0.1, 0.15) is 79.7 Å². The number of aliphatic hydroxyl groups excluding tert-OH is 1. The number of imidazole rings is 1. The smallest absolute Gasteiger partial charge is 0.162 e. The normalized spacial score (nSPS) is 12.5. The number of rotatable bonds is 8. The number of ketones is 1. The minimum atomic E-state index is -0.0214. The van der Waals surface area contributed by atoms with Gasteiger partial charge in [-0.25, -0.2) is 0 Å². The summed E-state index contributed by atoms with van der Waals surface area (Å²) in [5.41, 5.74) is 7.27. The minimum Gasteiger partial charge on any atom is -0.512 e. The molecule has 0 atom stereocenters. The van der Waals surface area contributed by atoms with Crippen molar-refractivity contribution >= 4 is 65.8 Å². The Hall–Kier alpha value is -4.51. The molecule has 5 nitrogen and oxygen atoms in total. The largest absolute Gasteiger partial charge is 0.512 e. The predicted molar refractivity (Wildman–Crippen MR) is 213 cm³/mol. The third-order valence-electron chi connectivity index (χ3n) is 10.6. The second-order valence-corrected chi connectivity index (χ2v) is 14.8. The second-order valence-electron chi connectivity index (χ2n) is 14.8. The quantitative estimate of drug-likeness (QED) is 0.0938. The van der Waals surface area contributed by atoms with E-state index in [9.17, 15) is 9.90 Å². The number of carbonyl (C=O) groups excluding carboxylic acids is 1. The number of para-hydroxylation sites is 1. The Bertz CT molecular complexity index is 2560. The van der Waals surface area contributed by atoms with Crippen LogP contribution in [0.25, 0.3) is 71.4 Å². The zero-order chi connectivity index (χ0) is 36.0. The van der Waals surface area contributed by atoms with Crippen molar-refractivity contribution in [1.82, 2.24) is 9.38 Å². The average Bonchev–Trinajstić information content (AvgIpc) is 3.67. The predicted octanol–water partition coefficient (Wildman–Crippen LogP) is 12.8. The number of carbonyl (C=O) groups is 1. The molecule has 0 aliphatic heterocycles. The number of furan rings is 1. The first-order chi connectivity index (χ1) is 24.6. The van der Waals surface area contributed by atoms with Crippen molar-refractivity contribution in [2.24, 2.45) is 11.8 Å². The fraction of sp³-hybridized carbons (Fsp3) is 0.304. The Morgan fingerprint density at radius 2 is 1.44 bits per heavy atom. The van der Waals surface area contributed by atoms with Crippen LogP contribution in [-0.2, 0) is 30.3 Å². The first-order valence-corrected chi connectivity index (χ1v) is 18.5. The number of aromatic nitrogens is 2. The molecule has 0 saturated carbocycles. The van der Waals surface area contributed by atoms with E-state index in [-0.39, 0.29) is 48.9 Å². The van der Waals surface area contributed by atoms with E-state index in [4.69, 9.17) is 9.40 Å². The van der Waals surface area contributed by atoms with Gasteiger partial charge in [0.25, 0.3) is 0 Å². The summed E-state index contributed by atoms with van der Waals surface area (Å²) >= 11 is 0. The SMILES string of the molecule is CC(C)(C)c1cc(-c2nc3ccc4oc5cccc6c7ccccc7n2c3c4c56)[c-]c2ccccc12.CCC(CC)C(=O)/C=C(\O)C(CC)CC.[Ir]. The van der Waals surface area contributed by atoms with Crippen molar-refractivity contribution in [3.8, 4) is 11.4 Å². The van der Waals surface area contributed by atoms with Crippen LogP contribution >= 0.6 is 0 Å². The van der Waals surface area contributed by atoms with Crippen molar-refractivity contribution in [2.45, 2.75) is 79.6 Å². The van der Waals surface area contributed by atoms with Gasteiger partial charge in [0.05, 0.1) is 28.0 Å². The number of benzene rings is 5. The van der Waals surface area contributed by atoms with E-state index < -0.39 is 0 Å². The van der Waals surface area contributed by atoms with Gasteiger partial charge in [0.15, 0.2) is 5.78 Å². The maximum Gasteiger partial charge on any atom is 0.162 e. The number of allylic oxidation sites excluding steroid dienone is 2. The van der Waals surface area contributed by atoms with E-state index in [0.29, 0.717) is 0 Å². The Morgan fingerprint density at radius 1 is 0.808 bits per heavy atom. The number of fused-ring (bicyclic) bond motifs is 4. The summed E-state index contributed by atoms with van der Waals surface area (Å²) in [4.78, 5) is 17.0. The molecular weight excluding hydrogens is 821 g/mol. The fourth-order valence-corrected chi connectivity index (χ4v) is 7.75. The van der Waals surface area contributed by atoms with Crippen LogP contribution < -0.4 is 0 Å². The van der Waals surface area contributed by atoms with E-state index in [2.05, 4.69) is 116 Å². The van der Waals surface area contributed by atoms with Gasteiger partial charge in [0.2, 0.25) is 0 Å². The molecular formula is C46H47IrN2O3-. The number of aliphatic hydroxyl groups is 1. The van der Waals surface area contributed by atoms with Gasteiger partial charge in [0, 0.05) is 54.3 Å². The molecule has 269 valence electrons. The van der Waals surface area contributed by atoms with Gasteiger partial charge >= 0.3 is 0 Å². The van der Waals surface area contributed by atoms with Gasteiger partial charge in [-0.1, -0.05) is 108 Å². The van der Waals surface area contributed by atoms with Gasteiger partial charge in [0.1, 0.15) is 11.2 Å². The van der Waals surface area contributed by atoms with Crippen LogP contribution in [0.15, 0.2) is 101 Å². The molecule has 0 amide bonds. The van der Waals surface area contributed by atoms with Crippen LogP contribution in [0.3, 0.4) is 0 Å². The summed E-state index contributed by atoms with van der Waals surface area (Å²) in [5.74, 6) is 1.45. The van der Waals surface area contributed by atoms with Crippen molar-refractivity contribution in [3.63, 3.8) is 0 Å². The molecule has 0 bridgehead atoms. The van der Waals surface area contributed by atoms with E-state index in [0.717, 1.165) is 80.9 Å². The molecule has 3 heterocycles. The molecule has 8 aromatic rings. The van der Waals surface area contributed by atoms with Crippen LogP contribution in [0, 0.1) is 17.9 Å². The third kappa shape index (κ3) is 6.41. The first kappa shape index (κ1) is 37.3. The number of nitrogens with zero attached hydrogens (tertiary/aromatic N) is 2. The molecule has 0 aliphatic rings. The van der Waals surface area contributed by atoms with E-state index in [1.807, 2.05) is 27.7 Å². The Kier molecular flexibility index (Phi) is 10.6. The molecule has 0 aliphatic carbocycles. The monoisotopic (exact) mass is 868 g/mol. The van der Waals surface area contributed by atoms with Crippen LogP contribution in [0.4, 0.5) is 0 Å². The zero-order valence-corrected chi connectivity index (χ0v) is 33.5. The maximum atomic E-state index is 11.7. The summed E-state index contributed by atoms with van der Waals surface area (Å²) in [5, 5.41) is 16.8. The summed E-state index contributed by atoms with van der Waals surface area (Å²) in [6.07, 6.45) is 4.91. The Morgan fingerprint density at radius 3 is 2.13 bits per heavy atom. The van der Waals surface area contributed by atoms with Gasteiger partial charge in [-0.15, -0.1) is 29.1 Å². The van der Waals surface area contributed by atoms with Crippen molar-refractivity contribution in [3.05, 3.63) is 108 Å². The molecule has 5 aromatic carbocycles. The second kappa shape index (κ2) is 14.8. The topological polar surface area (TPSA) is 67.7 Å². The zero-order valence-electron chi connectivity index (χ0n) is 31.1. The standard InChI is InChI=1S/C33H23N2O.C13H24O2.Ir/c1-33(2,3)24-18-20(17-19-9-4-5-10-21(19)24)32-34-25-15-16-28-30-29-23(12-8-14-27(29)36-28)22-11-6-7-13-26(22)35(32)31(25)30;1-5-10(6-2)12(14)9-13(15)11(7-3)8-4;/h4-16,18H,1-3H3;9-11,14H,5-8H2,1-4H3;/q-1;;/b;12-9-;. The molecule has 0 spiro atoms. The van der Waals surface area contributed by atoms with Crippen LogP contribution in [-0.4, -0.2) is 20.3 Å². The first-order valence-electron chi connectivity index (χ1n) is 18.5. The maximum absolute atomic E-state index is 11.7. The van der Waals surface area contributed by atoms with E-state index in [1.165, 1.54) is 27.8 Å². The van der Waals surface area contributed by atoms with Crippen molar-refractivity contribution in [2.75, 3.05) is 0 Å². The van der Waals surface area contributed by atoms with Gasteiger partial charge in [-0.2, -0.15) is 0 Å². The van der Waals surface area contributed by atoms with Gasteiger partial charge in [-0.05, 0) is 60.7 Å². The van der Waals surface area contributed by atoms with Crippen LogP contribution in [0.2, 0.25) is 0 Å². The Balaban J connectivity index is 0.000000250. The summed E-state index contributed by atoms with van der Waals surface area (Å²) < 4.78 is 8.66. The van der Waals surface area contributed by atoms with Gasteiger partial charge in [-0.3, -0.25) is 9.78 Å². The molecule has 0 unspecified atom stereocenters. The molecule has 52 heavy (non-hydrogen) atoms. The summed E-state index contributed by atoms with van der Waals surface area (Å²) in [7, 11) is 0. The molecule has 8 rings (SSSR count). The van der Waals surface area contributed by atoms with Crippen molar-refractivity contribution in [1.29, 1.82) is 0 Å². The molecule has 3 aromatic heterocycles. The number of hydrogen-bond donors (Lipinski definition) is 1. The van der Waals surface area contributed by atoms with Gasteiger partial charge < -0.3 is 13.9 Å². The van der Waals surface area contributed by atoms with Crippen molar-refractivity contribution < 1.29 is 34.4 Å². The summed E-state index contributed by atoms with van der Waals surface area (Å²) in [6, 6.07) is 33.7. The minimum absolute atomic E-state index is 0. The average molecular weight is 868 g/mol. The third-order valence-corrected chi connectivity index (χ3v) is 10.6.